The summed E-state index contributed by atoms with van der Waals surface area (Å²) in [6, 6.07) is 11.9. The summed E-state index contributed by atoms with van der Waals surface area (Å²) in [4.78, 5) is 0. The number of aryl methyl sites for hydroxylation is 1. The number of rotatable bonds is 1. The van der Waals surface area contributed by atoms with Crippen LogP contribution in [0, 0.1) is 35.5 Å². The van der Waals surface area contributed by atoms with E-state index in [2.05, 4.69) is 37.3 Å². The minimum Gasteiger partial charge on any atom is -0.198 e. The molecule has 4 bridgehead atoms. The van der Waals surface area contributed by atoms with Crippen LogP contribution in [0.1, 0.15) is 49.7 Å². The largest absolute Gasteiger partial charge is 0.198 e. The summed E-state index contributed by atoms with van der Waals surface area (Å²) >= 11 is 0. The first kappa shape index (κ1) is 11.5. The number of benzene rings is 1. The molecule has 5 rings (SSSR count). The molecule has 4 fully saturated rings. The monoisotopic (exact) mass is 251 g/mol. The third-order valence-corrected chi connectivity index (χ3v) is 5.96. The van der Waals surface area contributed by atoms with Crippen molar-refractivity contribution >= 4 is 0 Å². The number of nitriles is 1. The van der Waals surface area contributed by atoms with Crippen molar-refractivity contribution < 1.29 is 0 Å². The Hall–Kier alpha value is -1.29. The molecule has 0 N–H and O–H groups in total. The molecule has 4 aliphatic carbocycles. The van der Waals surface area contributed by atoms with Gasteiger partial charge < -0.3 is 0 Å². The van der Waals surface area contributed by atoms with E-state index in [4.69, 9.17) is 0 Å². The molecule has 19 heavy (non-hydrogen) atoms. The maximum Gasteiger partial charge on any atom is 0.0690 e. The standard InChI is InChI=1S/C18H21N/c1-13-2-4-16(5-3-13)18-9-14-6-15(10-18)8-17(7-14,11-18)12-19/h2-5,14-15H,6-11H2,1H3. The van der Waals surface area contributed by atoms with Gasteiger partial charge in [0.05, 0.1) is 11.5 Å². The molecular weight excluding hydrogens is 230 g/mol. The summed E-state index contributed by atoms with van der Waals surface area (Å²) in [5.41, 5.74) is 3.18. The van der Waals surface area contributed by atoms with Gasteiger partial charge in [0.1, 0.15) is 0 Å². The molecule has 4 saturated carbocycles. The van der Waals surface area contributed by atoms with E-state index in [0.29, 0.717) is 5.41 Å². The lowest BCUT2D eigenvalue weighted by molar-refractivity contribution is -0.0413. The predicted octanol–water partition coefficient (Wildman–Crippen LogP) is 4.36. The van der Waals surface area contributed by atoms with E-state index in [1.54, 1.807) is 0 Å². The van der Waals surface area contributed by atoms with E-state index in [1.807, 2.05) is 0 Å². The van der Waals surface area contributed by atoms with Crippen LogP contribution in [0.3, 0.4) is 0 Å². The summed E-state index contributed by atoms with van der Waals surface area (Å²) in [5, 5.41) is 9.69. The van der Waals surface area contributed by atoms with Crippen LogP contribution < -0.4 is 0 Å². The van der Waals surface area contributed by atoms with Crippen molar-refractivity contribution in [1.29, 1.82) is 5.26 Å². The molecule has 0 radical (unpaired) electrons. The third kappa shape index (κ3) is 1.59. The molecule has 0 saturated heterocycles. The Kier molecular flexibility index (Phi) is 2.20. The zero-order valence-electron chi connectivity index (χ0n) is 11.7. The summed E-state index contributed by atoms with van der Waals surface area (Å²) < 4.78 is 0. The van der Waals surface area contributed by atoms with Crippen LogP contribution in [0.15, 0.2) is 24.3 Å². The van der Waals surface area contributed by atoms with Gasteiger partial charge in [0.2, 0.25) is 0 Å². The van der Waals surface area contributed by atoms with Crippen LogP contribution in [0.25, 0.3) is 0 Å². The van der Waals surface area contributed by atoms with Crippen molar-refractivity contribution in [1.82, 2.24) is 0 Å². The van der Waals surface area contributed by atoms with E-state index < -0.39 is 0 Å². The fourth-order valence-electron chi connectivity index (χ4n) is 5.64. The average molecular weight is 251 g/mol. The van der Waals surface area contributed by atoms with Gasteiger partial charge in [-0.2, -0.15) is 5.26 Å². The van der Waals surface area contributed by atoms with Crippen molar-refractivity contribution in [3.63, 3.8) is 0 Å². The lowest BCUT2D eigenvalue weighted by atomic mass is 9.43. The van der Waals surface area contributed by atoms with Gasteiger partial charge in [0.25, 0.3) is 0 Å². The Morgan fingerprint density at radius 1 is 1.05 bits per heavy atom. The lowest BCUT2D eigenvalue weighted by Gasteiger charge is -2.60. The molecule has 1 nitrogen and oxygen atoms in total. The van der Waals surface area contributed by atoms with Gasteiger partial charge in [-0.15, -0.1) is 0 Å². The summed E-state index contributed by atoms with van der Waals surface area (Å²) in [5.74, 6) is 1.62. The van der Waals surface area contributed by atoms with E-state index in [-0.39, 0.29) is 5.41 Å². The Morgan fingerprint density at radius 2 is 1.68 bits per heavy atom. The minimum atomic E-state index is 0.00890. The molecule has 1 heteroatoms. The first-order valence-electron chi connectivity index (χ1n) is 7.62. The van der Waals surface area contributed by atoms with Crippen LogP contribution in [-0.4, -0.2) is 0 Å². The second-order valence-corrected chi connectivity index (χ2v) is 7.50. The first-order chi connectivity index (χ1) is 9.13. The van der Waals surface area contributed by atoms with E-state index >= 15 is 0 Å². The SMILES string of the molecule is Cc1ccc(C23CC4CC(CC(C#N)(C4)C2)C3)cc1. The second kappa shape index (κ2) is 3.63. The topological polar surface area (TPSA) is 23.8 Å². The molecule has 0 aliphatic heterocycles. The van der Waals surface area contributed by atoms with Crippen molar-refractivity contribution in [2.75, 3.05) is 0 Å². The van der Waals surface area contributed by atoms with Gasteiger partial charge in [0.15, 0.2) is 0 Å². The minimum absolute atomic E-state index is 0.00890. The zero-order valence-corrected chi connectivity index (χ0v) is 11.7. The van der Waals surface area contributed by atoms with E-state index in [1.165, 1.54) is 43.2 Å². The van der Waals surface area contributed by atoms with Gasteiger partial charge in [0, 0.05) is 0 Å². The van der Waals surface area contributed by atoms with E-state index in [0.717, 1.165) is 18.3 Å². The van der Waals surface area contributed by atoms with Crippen LogP contribution in [0.4, 0.5) is 0 Å². The molecule has 1 aromatic carbocycles. The highest BCUT2D eigenvalue weighted by Gasteiger charge is 2.58. The number of hydrogen-bond acceptors (Lipinski definition) is 1. The van der Waals surface area contributed by atoms with Crippen molar-refractivity contribution in [3.05, 3.63) is 35.4 Å². The van der Waals surface area contributed by atoms with Gasteiger partial charge in [-0.25, -0.2) is 0 Å². The molecule has 2 unspecified atom stereocenters. The predicted molar refractivity (Wildman–Crippen MR) is 75.6 cm³/mol. The van der Waals surface area contributed by atoms with Crippen molar-refractivity contribution in [2.24, 2.45) is 17.3 Å². The normalized spacial score (nSPS) is 43.2. The molecule has 0 heterocycles. The highest BCUT2D eigenvalue weighted by Crippen LogP contribution is 2.65. The maximum absolute atomic E-state index is 9.69. The fraction of sp³-hybridized carbons (Fsp3) is 0.611. The number of hydrogen-bond donors (Lipinski definition) is 0. The Labute approximate surface area is 115 Å². The summed E-state index contributed by atoms with van der Waals surface area (Å²) in [7, 11) is 0. The zero-order chi connectivity index (χ0) is 13.1. The maximum atomic E-state index is 9.69. The Bertz CT molecular complexity index is 534. The highest BCUT2D eigenvalue weighted by atomic mass is 14.6. The van der Waals surface area contributed by atoms with Gasteiger partial charge >= 0.3 is 0 Å². The molecular formula is C18H21N. The van der Waals surface area contributed by atoms with Crippen LogP contribution in [0.2, 0.25) is 0 Å². The summed E-state index contributed by atoms with van der Waals surface area (Å²) in [6.07, 6.45) is 7.51. The smallest absolute Gasteiger partial charge is 0.0690 e. The van der Waals surface area contributed by atoms with Crippen LogP contribution in [0.5, 0.6) is 0 Å². The Balaban J connectivity index is 1.79. The summed E-state index contributed by atoms with van der Waals surface area (Å²) in [6.45, 7) is 2.15. The van der Waals surface area contributed by atoms with Crippen LogP contribution >= 0.6 is 0 Å². The van der Waals surface area contributed by atoms with Gasteiger partial charge in [-0.05, 0) is 68.3 Å². The molecule has 0 amide bonds. The molecule has 4 aliphatic rings. The first-order valence-corrected chi connectivity index (χ1v) is 7.62. The number of nitrogens with zero attached hydrogens (tertiary/aromatic N) is 1. The molecule has 0 spiro atoms. The third-order valence-electron chi connectivity index (χ3n) is 5.96. The average Bonchev–Trinajstić information content (AvgIpc) is 2.38. The lowest BCUT2D eigenvalue weighted by Crippen LogP contribution is -2.53. The molecule has 2 atom stereocenters. The van der Waals surface area contributed by atoms with Gasteiger partial charge in [-0.1, -0.05) is 29.8 Å². The van der Waals surface area contributed by atoms with E-state index in [9.17, 15) is 5.26 Å². The quantitative estimate of drug-likeness (QED) is 0.727. The van der Waals surface area contributed by atoms with Crippen molar-refractivity contribution in [2.45, 2.75) is 50.9 Å². The molecule has 0 aromatic heterocycles. The molecule has 1 aromatic rings. The van der Waals surface area contributed by atoms with Gasteiger partial charge in [-0.3, -0.25) is 0 Å². The molecule has 98 valence electrons. The van der Waals surface area contributed by atoms with Crippen LogP contribution in [-0.2, 0) is 5.41 Å². The highest BCUT2D eigenvalue weighted by molar-refractivity contribution is 5.34. The fourth-order valence-corrected chi connectivity index (χ4v) is 5.64. The van der Waals surface area contributed by atoms with Crippen molar-refractivity contribution in [3.8, 4) is 6.07 Å². The second-order valence-electron chi connectivity index (χ2n) is 7.50. The Morgan fingerprint density at radius 3 is 2.26 bits per heavy atom.